The van der Waals surface area contributed by atoms with E-state index in [1.165, 1.54) is 0 Å². The van der Waals surface area contributed by atoms with E-state index in [0.29, 0.717) is 13.1 Å². The predicted octanol–water partition coefficient (Wildman–Crippen LogP) is -1.54. The molecule has 0 saturated heterocycles. The summed E-state index contributed by atoms with van der Waals surface area (Å²) >= 11 is 0. The number of carbonyl (C=O) groups excluding carboxylic acids is 2. The lowest BCUT2D eigenvalue weighted by atomic mass is 10.4. The Balaban J connectivity index is 1.60. The molecule has 0 atom stereocenters. The molecule has 0 spiro atoms. The number of nitrogens with one attached hydrogen (secondary N) is 3. The van der Waals surface area contributed by atoms with Gasteiger partial charge in [-0.2, -0.15) is 5.21 Å². The van der Waals surface area contributed by atoms with Crippen molar-refractivity contribution < 1.29 is 9.59 Å². The SMILES string of the molecule is O=C(NCCNC(=O)C1CC1)c1nn[nH]n1. The molecule has 16 heavy (non-hydrogen) atoms. The van der Waals surface area contributed by atoms with E-state index in [1.54, 1.807) is 0 Å². The number of amides is 2. The highest BCUT2D eigenvalue weighted by Gasteiger charge is 2.28. The number of tetrazole rings is 1. The molecule has 3 N–H and O–H groups in total. The van der Waals surface area contributed by atoms with Crippen molar-refractivity contribution in [3.63, 3.8) is 0 Å². The van der Waals surface area contributed by atoms with Crippen LogP contribution >= 0.6 is 0 Å². The Morgan fingerprint density at radius 2 is 2.06 bits per heavy atom. The molecular formula is C8H12N6O2. The third-order valence-electron chi connectivity index (χ3n) is 2.21. The molecule has 0 bridgehead atoms. The molecule has 0 aromatic carbocycles. The predicted molar refractivity (Wildman–Crippen MR) is 52.2 cm³/mol. The second kappa shape index (κ2) is 4.69. The van der Waals surface area contributed by atoms with Crippen molar-refractivity contribution in [2.75, 3.05) is 13.1 Å². The van der Waals surface area contributed by atoms with Crippen LogP contribution < -0.4 is 10.6 Å². The Hall–Kier alpha value is -1.99. The first-order valence-corrected chi connectivity index (χ1v) is 5.06. The molecule has 1 aromatic rings. The average molecular weight is 224 g/mol. The van der Waals surface area contributed by atoms with Gasteiger partial charge in [-0.1, -0.05) is 0 Å². The summed E-state index contributed by atoms with van der Waals surface area (Å²) in [6.07, 6.45) is 1.95. The summed E-state index contributed by atoms with van der Waals surface area (Å²) < 4.78 is 0. The maximum absolute atomic E-state index is 11.3. The third kappa shape index (κ3) is 2.75. The van der Waals surface area contributed by atoms with E-state index < -0.39 is 5.91 Å². The fraction of sp³-hybridized carbons (Fsp3) is 0.625. The maximum atomic E-state index is 11.3. The quantitative estimate of drug-likeness (QED) is 0.524. The van der Waals surface area contributed by atoms with Crippen molar-refractivity contribution in [2.24, 2.45) is 5.92 Å². The molecule has 86 valence electrons. The summed E-state index contributed by atoms with van der Waals surface area (Å²) in [6.45, 7) is 0.769. The van der Waals surface area contributed by atoms with Crippen LogP contribution in [-0.2, 0) is 4.79 Å². The molecule has 1 saturated carbocycles. The molecule has 0 radical (unpaired) electrons. The van der Waals surface area contributed by atoms with E-state index in [2.05, 4.69) is 31.3 Å². The number of H-pyrrole nitrogens is 1. The Morgan fingerprint density at radius 3 is 2.69 bits per heavy atom. The lowest BCUT2D eigenvalue weighted by Crippen LogP contribution is -2.35. The molecular weight excluding hydrogens is 212 g/mol. The van der Waals surface area contributed by atoms with Crippen LogP contribution in [0.4, 0.5) is 0 Å². The van der Waals surface area contributed by atoms with Gasteiger partial charge in [-0.05, 0) is 18.1 Å². The van der Waals surface area contributed by atoms with Crippen LogP contribution in [0.25, 0.3) is 0 Å². The summed E-state index contributed by atoms with van der Waals surface area (Å²) in [5.74, 6) is -0.162. The summed E-state index contributed by atoms with van der Waals surface area (Å²) in [4.78, 5) is 22.5. The van der Waals surface area contributed by atoms with E-state index in [1.807, 2.05) is 0 Å². The highest BCUT2D eigenvalue weighted by molar-refractivity contribution is 5.90. The van der Waals surface area contributed by atoms with Gasteiger partial charge >= 0.3 is 0 Å². The van der Waals surface area contributed by atoms with Crippen LogP contribution in [0.3, 0.4) is 0 Å². The molecule has 1 fully saturated rings. The minimum absolute atomic E-state index is 0.00600. The third-order valence-corrected chi connectivity index (χ3v) is 2.21. The molecule has 8 heteroatoms. The monoisotopic (exact) mass is 224 g/mol. The Morgan fingerprint density at radius 1 is 1.31 bits per heavy atom. The number of carbonyl (C=O) groups is 2. The van der Waals surface area contributed by atoms with Gasteiger partial charge in [0.1, 0.15) is 0 Å². The summed E-state index contributed by atoms with van der Waals surface area (Å²) in [6, 6.07) is 0. The Kier molecular flexibility index (Phi) is 3.08. The lowest BCUT2D eigenvalue weighted by molar-refractivity contribution is -0.122. The van der Waals surface area contributed by atoms with Gasteiger partial charge in [0.25, 0.3) is 11.7 Å². The van der Waals surface area contributed by atoms with Gasteiger partial charge in [0.15, 0.2) is 0 Å². The molecule has 8 nitrogen and oxygen atoms in total. The molecule has 1 aromatic heterocycles. The molecule has 1 aliphatic carbocycles. The van der Waals surface area contributed by atoms with Crippen LogP contribution in [0.2, 0.25) is 0 Å². The lowest BCUT2D eigenvalue weighted by Gasteiger charge is -2.04. The summed E-state index contributed by atoms with van der Waals surface area (Å²) in [7, 11) is 0. The number of aromatic amines is 1. The fourth-order valence-electron chi connectivity index (χ4n) is 1.19. The number of aromatic nitrogens is 4. The first-order valence-electron chi connectivity index (χ1n) is 5.06. The van der Waals surface area contributed by atoms with Crippen LogP contribution in [-0.4, -0.2) is 45.5 Å². The van der Waals surface area contributed by atoms with E-state index in [9.17, 15) is 9.59 Å². The van der Waals surface area contributed by atoms with Crippen LogP contribution in [0.15, 0.2) is 0 Å². The van der Waals surface area contributed by atoms with Gasteiger partial charge in [0, 0.05) is 19.0 Å². The van der Waals surface area contributed by atoms with Crippen molar-refractivity contribution in [2.45, 2.75) is 12.8 Å². The standard InChI is InChI=1S/C8H12N6O2/c15-7(5-1-2-5)9-3-4-10-8(16)6-11-13-14-12-6/h5H,1-4H2,(H,9,15)(H,10,16)(H,11,12,13,14). The Labute approximate surface area is 91.2 Å². The maximum Gasteiger partial charge on any atom is 0.292 e. The van der Waals surface area contributed by atoms with Crippen molar-refractivity contribution in [3.8, 4) is 0 Å². The fourth-order valence-corrected chi connectivity index (χ4v) is 1.19. The van der Waals surface area contributed by atoms with Crippen molar-refractivity contribution in [1.29, 1.82) is 0 Å². The largest absolute Gasteiger partial charge is 0.354 e. The normalized spacial score (nSPS) is 14.5. The highest BCUT2D eigenvalue weighted by atomic mass is 16.2. The molecule has 1 heterocycles. The summed E-state index contributed by atoms with van der Waals surface area (Å²) in [5, 5.41) is 17.8. The number of hydrogen-bond acceptors (Lipinski definition) is 5. The molecule has 2 amide bonds. The number of rotatable bonds is 5. The zero-order valence-electron chi connectivity index (χ0n) is 8.56. The van der Waals surface area contributed by atoms with Gasteiger partial charge in [0.05, 0.1) is 0 Å². The van der Waals surface area contributed by atoms with Crippen LogP contribution in [0, 0.1) is 5.92 Å². The van der Waals surface area contributed by atoms with Crippen LogP contribution in [0.5, 0.6) is 0 Å². The van der Waals surface area contributed by atoms with Gasteiger partial charge < -0.3 is 10.6 Å². The first-order chi connectivity index (χ1) is 7.77. The Bertz CT molecular complexity index is 372. The molecule has 0 aliphatic heterocycles. The number of nitrogens with zero attached hydrogens (tertiary/aromatic N) is 3. The van der Waals surface area contributed by atoms with Gasteiger partial charge in [-0.3, -0.25) is 9.59 Å². The molecule has 1 aliphatic rings. The molecule has 0 unspecified atom stereocenters. The van der Waals surface area contributed by atoms with E-state index in [-0.39, 0.29) is 17.6 Å². The second-order valence-corrected chi connectivity index (χ2v) is 3.56. The van der Waals surface area contributed by atoms with Gasteiger partial charge in [-0.15, -0.1) is 10.2 Å². The van der Waals surface area contributed by atoms with E-state index in [4.69, 9.17) is 0 Å². The van der Waals surface area contributed by atoms with Gasteiger partial charge in [0.2, 0.25) is 5.91 Å². The average Bonchev–Trinajstić information content (AvgIpc) is 2.99. The summed E-state index contributed by atoms with van der Waals surface area (Å²) in [5.41, 5.74) is 0. The van der Waals surface area contributed by atoms with E-state index in [0.717, 1.165) is 12.8 Å². The van der Waals surface area contributed by atoms with Crippen molar-refractivity contribution in [1.82, 2.24) is 31.3 Å². The van der Waals surface area contributed by atoms with Crippen LogP contribution in [0.1, 0.15) is 23.5 Å². The minimum atomic E-state index is -0.408. The zero-order valence-corrected chi connectivity index (χ0v) is 8.56. The second-order valence-electron chi connectivity index (χ2n) is 3.56. The molecule has 2 rings (SSSR count). The topological polar surface area (TPSA) is 113 Å². The van der Waals surface area contributed by atoms with Crippen molar-refractivity contribution >= 4 is 11.8 Å². The smallest absolute Gasteiger partial charge is 0.292 e. The zero-order chi connectivity index (χ0) is 11.4. The van der Waals surface area contributed by atoms with Gasteiger partial charge in [-0.25, -0.2) is 0 Å². The van der Waals surface area contributed by atoms with E-state index >= 15 is 0 Å². The number of hydrogen-bond donors (Lipinski definition) is 3. The van der Waals surface area contributed by atoms with Crippen molar-refractivity contribution in [3.05, 3.63) is 5.82 Å². The minimum Gasteiger partial charge on any atom is -0.354 e. The highest BCUT2D eigenvalue weighted by Crippen LogP contribution is 2.28. The first kappa shape index (κ1) is 10.5.